The summed E-state index contributed by atoms with van der Waals surface area (Å²) in [6, 6.07) is 4.02. The van der Waals surface area contributed by atoms with Gasteiger partial charge in [-0.3, -0.25) is 4.79 Å². The van der Waals surface area contributed by atoms with E-state index in [1.165, 1.54) is 0 Å². The number of amides is 1. The van der Waals surface area contributed by atoms with Crippen LogP contribution in [-0.2, 0) is 4.79 Å². The van der Waals surface area contributed by atoms with Crippen molar-refractivity contribution in [1.82, 2.24) is 5.32 Å². The van der Waals surface area contributed by atoms with Gasteiger partial charge in [-0.1, -0.05) is 12.8 Å². The van der Waals surface area contributed by atoms with Crippen molar-refractivity contribution in [3.05, 3.63) is 23.8 Å². The third-order valence-corrected chi connectivity index (χ3v) is 3.67. The molecular weight excluding hydrogens is 274 g/mol. The molecule has 0 spiro atoms. The number of hydrogen-bond acceptors (Lipinski definition) is 4. The highest BCUT2D eigenvalue weighted by Crippen LogP contribution is 2.34. The summed E-state index contributed by atoms with van der Waals surface area (Å²) in [5.41, 5.74) is 0.376. The third-order valence-electron chi connectivity index (χ3n) is 3.67. The number of aliphatic carboxylic acids is 1. The quantitative estimate of drug-likeness (QED) is 0.857. The molecule has 1 heterocycles. The maximum atomic E-state index is 12.2. The van der Waals surface area contributed by atoms with Crippen LogP contribution in [0.3, 0.4) is 0 Å². The summed E-state index contributed by atoms with van der Waals surface area (Å²) in [4.78, 5) is 23.4. The first-order chi connectivity index (χ1) is 10.1. The van der Waals surface area contributed by atoms with Gasteiger partial charge in [-0.15, -0.1) is 0 Å². The van der Waals surface area contributed by atoms with E-state index in [0.29, 0.717) is 42.6 Å². The van der Waals surface area contributed by atoms with Crippen molar-refractivity contribution in [3.63, 3.8) is 0 Å². The molecule has 0 bridgehead atoms. The fourth-order valence-corrected chi connectivity index (χ4v) is 2.33. The minimum atomic E-state index is -0.993. The van der Waals surface area contributed by atoms with E-state index in [1.54, 1.807) is 18.2 Å². The van der Waals surface area contributed by atoms with Gasteiger partial charge in [0.05, 0.1) is 0 Å². The van der Waals surface area contributed by atoms with Gasteiger partial charge in [0.25, 0.3) is 5.91 Å². The molecular formula is C15H17NO5. The summed E-state index contributed by atoms with van der Waals surface area (Å²) in [6.45, 7) is 0.929. The average Bonchev–Trinajstić information content (AvgIpc) is 3.30. The molecule has 2 aliphatic rings. The zero-order valence-electron chi connectivity index (χ0n) is 11.5. The predicted molar refractivity (Wildman–Crippen MR) is 73.7 cm³/mol. The van der Waals surface area contributed by atoms with Gasteiger partial charge < -0.3 is 19.9 Å². The molecule has 0 saturated heterocycles. The minimum Gasteiger partial charge on any atom is -0.486 e. The Kier molecular flexibility index (Phi) is 3.68. The number of carboxylic acid groups (broad SMARTS) is 1. The smallest absolute Gasteiger partial charge is 0.326 e. The van der Waals surface area contributed by atoms with Crippen LogP contribution in [-0.4, -0.2) is 36.2 Å². The minimum absolute atomic E-state index is 0.376. The first-order valence-corrected chi connectivity index (χ1v) is 7.07. The molecule has 6 heteroatoms. The van der Waals surface area contributed by atoms with Crippen molar-refractivity contribution in [2.45, 2.75) is 25.3 Å². The van der Waals surface area contributed by atoms with Crippen LogP contribution in [0.5, 0.6) is 11.5 Å². The fourth-order valence-electron chi connectivity index (χ4n) is 2.33. The third kappa shape index (κ3) is 3.26. The highest BCUT2D eigenvalue weighted by atomic mass is 16.6. The first kappa shape index (κ1) is 13.7. The van der Waals surface area contributed by atoms with Crippen LogP contribution < -0.4 is 14.8 Å². The largest absolute Gasteiger partial charge is 0.486 e. The fraction of sp³-hybridized carbons (Fsp3) is 0.467. The Balaban J connectivity index is 1.70. The number of nitrogens with one attached hydrogen (secondary N) is 1. The zero-order valence-corrected chi connectivity index (χ0v) is 11.5. The Morgan fingerprint density at radius 3 is 2.62 bits per heavy atom. The van der Waals surface area contributed by atoms with E-state index in [9.17, 15) is 14.7 Å². The number of carbonyl (C=O) groups excluding carboxylic acids is 1. The molecule has 1 fully saturated rings. The summed E-state index contributed by atoms with van der Waals surface area (Å²) in [5.74, 6) is 0.146. The van der Waals surface area contributed by atoms with E-state index in [2.05, 4.69) is 5.32 Å². The highest BCUT2D eigenvalue weighted by Gasteiger charge is 2.30. The van der Waals surface area contributed by atoms with E-state index in [-0.39, 0.29) is 0 Å². The maximum absolute atomic E-state index is 12.2. The van der Waals surface area contributed by atoms with E-state index in [1.807, 2.05) is 0 Å². The van der Waals surface area contributed by atoms with Crippen LogP contribution in [0, 0.1) is 5.92 Å². The van der Waals surface area contributed by atoms with Gasteiger partial charge in [0, 0.05) is 5.56 Å². The Bertz CT molecular complexity index is 567. The standard InChI is InChI=1S/C15H17NO5/c17-14(16-11(15(18)19)7-9-1-2-9)10-3-4-12-13(8-10)21-6-5-20-12/h3-4,8-9,11H,1-2,5-7H2,(H,16,17)(H,18,19). The lowest BCUT2D eigenvalue weighted by atomic mass is 10.1. The second-order valence-electron chi connectivity index (χ2n) is 5.40. The van der Waals surface area contributed by atoms with Crippen LogP contribution in [0.15, 0.2) is 18.2 Å². The number of benzene rings is 1. The maximum Gasteiger partial charge on any atom is 0.326 e. The van der Waals surface area contributed by atoms with Crippen molar-refractivity contribution in [1.29, 1.82) is 0 Å². The summed E-state index contributed by atoms with van der Waals surface area (Å²) < 4.78 is 10.8. The number of rotatable bonds is 5. The lowest BCUT2D eigenvalue weighted by Crippen LogP contribution is -2.41. The molecule has 1 amide bonds. The Labute approximate surface area is 122 Å². The van der Waals surface area contributed by atoms with Crippen molar-refractivity contribution >= 4 is 11.9 Å². The second kappa shape index (κ2) is 5.63. The summed E-state index contributed by atoms with van der Waals surface area (Å²) >= 11 is 0. The SMILES string of the molecule is O=C(NC(CC1CC1)C(=O)O)c1ccc2c(c1)OCCO2. The molecule has 1 atom stereocenters. The monoisotopic (exact) mass is 291 g/mol. The number of hydrogen-bond donors (Lipinski definition) is 2. The van der Waals surface area contributed by atoms with Crippen molar-refractivity contribution in [2.75, 3.05) is 13.2 Å². The van der Waals surface area contributed by atoms with E-state index in [4.69, 9.17) is 9.47 Å². The van der Waals surface area contributed by atoms with Gasteiger partial charge in [0.15, 0.2) is 11.5 Å². The number of fused-ring (bicyclic) bond motifs is 1. The molecule has 1 aromatic carbocycles. The van der Waals surface area contributed by atoms with Crippen LogP contribution in [0.4, 0.5) is 0 Å². The molecule has 1 saturated carbocycles. The highest BCUT2D eigenvalue weighted by molar-refractivity contribution is 5.97. The van der Waals surface area contributed by atoms with Crippen LogP contribution in [0.2, 0.25) is 0 Å². The molecule has 3 rings (SSSR count). The van der Waals surface area contributed by atoms with Crippen molar-refractivity contribution < 1.29 is 24.2 Å². The number of carbonyl (C=O) groups is 2. The molecule has 1 aliphatic carbocycles. The molecule has 0 aromatic heterocycles. The van der Waals surface area contributed by atoms with Gasteiger partial charge in [-0.2, -0.15) is 0 Å². The van der Waals surface area contributed by atoms with Crippen molar-refractivity contribution in [3.8, 4) is 11.5 Å². The lowest BCUT2D eigenvalue weighted by molar-refractivity contribution is -0.139. The zero-order chi connectivity index (χ0) is 14.8. The van der Waals surface area contributed by atoms with Crippen LogP contribution in [0.25, 0.3) is 0 Å². The van der Waals surface area contributed by atoms with Gasteiger partial charge in [-0.25, -0.2) is 4.79 Å². The Morgan fingerprint density at radius 1 is 1.24 bits per heavy atom. The molecule has 1 aromatic rings. The Morgan fingerprint density at radius 2 is 1.95 bits per heavy atom. The summed E-state index contributed by atoms with van der Waals surface area (Å²) in [6.07, 6.45) is 2.58. The number of ether oxygens (including phenoxy) is 2. The normalized spacial score (nSPS) is 17.9. The molecule has 112 valence electrons. The van der Waals surface area contributed by atoms with E-state index in [0.717, 1.165) is 12.8 Å². The van der Waals surface area contributed by atoms with Gasteiger partial charge in [0.2, 0.25) is 0 Å². The lowest BCUT2D eigenvalue weighted by Gasteiger charge is -2.19. The first-order valence-electron chi connectivity index (χ1n) is 7.07. The Hall–Kier alpha value is -2.24. The van der Waals surface area contributed by atoms with Crippen molar-refractivity contribution in [2.24, 2.45) is 5.92 Å². The molecule has 2 N–H and O–H groups in total. The van der Waals surface area contributed by atoms with Gasteiger partial charge in [-0.05, 0) is 30.5 Å². The molecule has 21 heavy (non-hydrogen) atoms. The van der Waals surface area contributed by atoms with Crippen LogP contribution in [0.1, 0.15) is 29.6 Å². The average molecular weight is 291 g/mol. The predicted octanol–water partition coefficient (Wildman–Crippen LogP) is 1.44. The van der Waals surface area contributed by atoms with Crippen LogP contribution >= 0.6 is 0 Å². The molecule has 1 aliphatic heterocycles. The summed E-state index contributed by atoms with van der Waals surface area (Å²) in [7, 11) is 0. The summed E-state index contributed by atoms with van der Waals surface area (Å²) in [5, 5.41) is 11.8. The topological polar surface area (TPSA) is 84.9 Å². The molecule has 0 radical (unpaired) electrons. The van der Waals surface area contributed by atoms with Gasteiger partial charge >= 0.3 is 5.97 Å². The number of carboxylic acids is 1. The molecule has 1 unspecified atom stereocenters. The molecule has 6 nitrogen and oxygen atoms in total. The van der Waals surface area contributed by atoms with Gasteiger partial charge in [0.1, 0.15) is 19.3 Å². The van der Waals surface area contributed by atoms with E-state index >= 15 is 0 Å². The second-order valence-corrected chi connectivity index (χ2v) is 5.40. The van der Waals surface area contributed by atoms with E-state index < -0.39 is 17.9 Å².